The van der Waals surface area contributed by atoms with E-state index in [2.05, 4.69) is 0 Å². The van der Waals surface area contributed by atoms with Crippen LogP contribution in [0.3, 0.4) is 0 Å². The summed E-state index contributed by atoms with van der Waals surface area (Å²) in [6.07, 6.45) is 0.623. The van der Waals surface area contributed by atoms with Crippen molar-refractivity contribution in [3.8, 4) is 11.5 Å². The topological polar surface area (TPSA) is 76.2 Å². The van der Waals surface area contributed by atoms with Gasteiger partial charge in [0.1, 0.15) is 17.1 Å². The molecule has 0 bridgehead atoms. The van der Waals surface area contributed by atoms with Gasteiger partial charge in [-0.2, -0.15) is 4.31 Å². The zero-order chi connectivity index (χ0) is 20.6. The van der Waals surface area contributed by atoms with Crippen molar-refractivity contribution in [1.29, 1.82) is 0 Å². The van der Waals surface area contributed by atoms with E-state index >= 15 is 0 Å². The summed E-state index contributed by atoms with van der Waals surface area (Å²) < 4.78 is 38.6. The smallest absolute Gasteiger partial charge is 0.410 e. The molecule has 29 heavy (non-hydrogen) atoms. The number of nitrogens with zero attached hydrogens (tertiary/aromatic N) is 2. The maximum atomic E-state index is 13.0. The molecule has 1 spiro atoms. The third-order valence-electron chi connectivity index (χ3n) is 5.29. The number of rotatable bonds is 4. The van der Waals surface area contributed by atoms with E-state index in [9.17, 15) is 13.2 Å². The fraction of sp³-hybridized carbons (Fsp3) is 0.350. The van der Waals surface area contributed by atoms with Gasteiger partial charge >= 0.3 is 6.09 Å². The SMILES string of the molecule is CN1CC2(CCN(S(=O)(=O)c3ccc(Oc4ccc(Cl)cc4)cc3)CC2)OC1=O. The molecule has 2 aromatic carbocycles. The summed E-state index contributed by atoms with van der Waals surface area (Å²) in [5.41, 5.74) is -0.575. The van der Waals surface area contributed by atoms with Crippen molar-refractivity contribution in [1.82, 2.24) is 9.21 Å². The molecule has 0 aliphatic carbocycles. The second-order valence-corrected chi connectivity index (χ2v) is 9.71. The largest absolute Gasteiger partial charge is 0.457 e. The molecule has 1 amide bonds. The number of ether oxygens (including phenoxy) is 2. The molecule has 2 heterocycles. The van der Waals surface area contributed by atoms with Gasteiger partial charge in [-0.15, -0.1) is 0 Å². The van der Waals surface area contributed by atoms with E-state index in [1.165, 1.54) is 21.3 Å². The number of hydrogen-bond donors (Lipinski definition) is 0. The van der Waals surface area contributed by atoms with E-state index in [-0.39, 0.29) is 11.0 Å². The molecule has 2 aliphatic rings. The van der Waals surface area contributed by atoms with Gasteiger partial charge in [0.25, 0.3) is 0 Å². The average molecular weight is 437 g/mol. The van der Waals surface area contributed by atoms with Crippen LogP contribution in [0.1, 0.15) is 12.8 Å². The third kappa shape index (κ3) is 4.05. The van der Waals surface area contributed by atoms with Crippen LogP contribution < -0.4 is 4.74 Å². The van der Waals surface area contributed by atoms with Gasteiger partial charge < -0.3 is 14.4 Å². The Balaban J connectivity index is 1.42. The maximum absolute atomic E-state index is 13.0. The summed E-state index contributed by atoms with van der Waals surface area (Å²) in [5, 5.41) is 0.612. The van der Waals surface area contributed by atoms with Gasteiger partial charge in [0.15, 0.2) is 0 Å². The van der Waals surface area contributed by atoms with E-state index in [0.717, 1.165) is 0 Å². The lowest BCUT2D eigenvalue weighted by Crippen LogP contribution is -2.48. The summed E-state index contributed by atoms with van der Waals surface area (Å²) in [4.78, 5) is 13.4. The first-order valence-corrected chi connectivity index (χ1v) is 11.1. The van der Waals surface area contributed by atoms with Crippen LogP contribution in [0.4, 0.5) is 4.79 Å². The number of amides is 1. The van der Waals surface area contributed by atoms with Gasteiger partial charge in [0.2, 0.25) is 10.0 Å². The molecule has 0 N–H and O–H groups in total. The summed E-state index contributed by atoms with van der Waals surface area (Å²) in [6, 6.07) is 13.2. The fourth-order valence-corrected chi connectivity index (χ4v) is 5.22. The predicted octanol–water partition coefficient (Wildman–Crippen LogP) is 3.74. The lowest BCUT2D eigenvalue weighted by molar-refractivity contribution is 0.0172. The molecule has 9 heteroatoms. The van der Waals surface area contributed by atoms with Crippen molar-refractivity contribution in [3.05, 3.63) is 53.6 Å². The molecular weight excluding hydrogens is 416 g/mol. The Bertz CT molecular complexity index is 1000. The van der Waals surface area contributed by atoms with Gasteiger partial charge in [0.05, 0.1) is 11.4 Å². The van der Waals surface area contributed by atoms with Gasteiger partial charge in [0, 0.05) is 38.0 Å². The molecule has 0 radical (unpaired) electrons. The molecule has 0 aromatic heterocycles. The summed E-state index contributed by atoms with van der Waals surface area (Å²) in [5.74, 6) is 1.15. The van der Waals surface area contributed by atoms with Gasteiger partial charge in [-0.3, -0.25) is 0 Å². The van der Waals surface area contributed by atoms with Crippen LogP contribution in [0.5, 0.6) is 11.5 Å². The summed E-state index contributed by atoms with van der Waals surface area (Å²) >= 11 is 5.86. The van der Waals surface area contributed by atoms with E-state index in [4.69, 9.17) is 21.1 Å². The first-order valence-electron chi connectivity index (χ1n) is 9.25. The van der Waals surface area contributed by atoms with Crippen molar-refractivity contribution in [2.24, 2.45) is 0 Å². The first-order chi connectivity index (χ1) is 13.8. The highest BCUT2D eigenvalue weighted by molar-refractivity contribution is 7.89. The number of carbonyl (C=O) groups excluding carboxylic acids is 1. The standard InChI is InChI=1S/C20H21ClN2O5S/c1-22-14-20(28-19(22)24)10-12-23(13-11-20)29(25,26)18-8-6-17(7-9-18)27-16-4-2-15(21)3-5-16/h2-9H,10-14H2,1H3. The minimum absolute atomic E-state index is 0.206. The predicted molar refractivity (Wildman–Crippen MR) is 108 cm³/mol. The number of piperidine rings is 1. The maximum Gasteiger partial charge on any atom is 0.410 e. The Morgan fingerprint density at radius 3 is 2.07 bits per heavy atom. The monoisotopic (exact) mass is 436 g/mol. The number of halogens is 1. The van der Waals surface area contributed by atoms with E-state index in [1.54, 1.807) is 43.4 Å². The van der Waals surface area contributed by atoms with Crippen LogP contribution in [0.25, 0.3) is 0 Å². The van der Waals surface area contributed by atoms with Crippen LogP contribution in [0, 0.1) is 0 Å². The van der Waals surface area contributed by atoms with Crippen molar-refractivity contribution < 1.29 is 22.7 Å². The lowest BCUT2D eigenvalue weighted by atomic mass is 9.92. The lowest BCUT2D eigenvalue weighted by Gasteiger charge is -2.36. The van der Waals surface area contributed by atoms with Gasteiger partial charge in [-0.1, -0.05) is 11.6 Å². The fourth-order valence-electron chi connectivity index (χ4n) is 3.65. The minimum Gasteiger partial charge on any atom is -0.457 e. The molecule has 2 aromatic rings. The van der Waals surface area contributed by atoms with Gasteiger partial charge in [-0.05, 0) is 48.5 Å². The van der Waals surface area contributed by atoms with Crippen LogP contribution in [-0.4, -0.2) is 56.0 Å². The molecule has 7 nitrogen and oxygen atoms in total. The number of sulfonamides is 1. The summed E-state index contributed by atoms with van der Waals surface area (Å²) in [6.45, 7) is 1.12. The molecule has 2 aliphatic heterocycles. The number of benzene rings is 2. The van der Waals surface area contributed by atoms with Crippen molar-refractivity contribution in [2.75, 3.05) is 26.7 Å². The zero-order valence-corrected chi connectivity index (χ0v) is 17.4. The molecule has 4 rings (SSSR count). The minimum atomic E-state index is -3.62. The molecule has 0 atom stereocenters. The average Bonchev–Trinajstić information content (AvgIpc) is 2.97. The highest BCUT2D eigenvalue weighted by Gasteiger charge is 2.47. The zero-order valence-electron chi connectivity index (χ0n) is 15.9. The Morgan fingerprint density at radius 1 is 1.00 bits per heavy atom. The van der Waals surface area contributed by atoms with Crippen LogP contribution >= 0.6 is 11.6 Å². The van der Waals surface area contributed by atoms with E-state index in [0.29, 0.717) is 49.0 Å². The molecule has 2 fully saturated rings. The van der Waals surface area contributed by atoms with E-state index in [1.807, 2.05) is 0 Å². The number of likely N-dealkylation sites (N-methyl/N-ethyl adjacent to an activating group) is 1. The third-order valence-corrected chi connectivity index (χ3v) is 7.45. The van der Waals surface area contributed by atoms with Crippen molar-refractivity contribution in [3.63, 3.8) is 0 Å². The van der Waals surface area contributed by atoms with Crippen molar-refractivity contribution in [2.45, 2.75) is 23.3 Å². The van der Waals surface area contributed by atoms with Crippen LogP contribution in [-0.2, 0) is 14.8 Å². The Morgan fingerprint density at radius 2 is 1.55 bits per heavy atom. The van der Waals surface area contributed by atoms with Crippen LogP contribution in [0.15, 0.2) is 53.4 Å². The normalized spacial score (nSPS) is 19.4. The number of hydrogen-bond acceptors (Lipinski definition) is 5. The molecule has 2 saturated heterocycles. The second-order valence-electron chi connectivity index (χ2n) is 7.34. The first kappa shape index (κ1) is 20.0. The second kappa shape index (κ2) is 7.51. The Kier molecular flexibility index (Phi) is 5.18. The summed E-state index contributed by atoms with van der Waals surface area (Å²) in [7, 11) is -1.94. The van der Waals surface area contributed by atoms with E-state index < -0.39 is 15.6 Å². The molecular formula is C20H21ClN2O5S. The molecule has 0 saturated carbocycles. The highest BCUT2D eigenvalue weighted by atomic mass is 35.5. The number of carbonyl (C=O) groups is 1. The quantitative estimate of drug-likeness (QED) is 0.729. The van der Waals surface area contributed by atoms with Crippen molar-refractivity contribution >= 4 is 27.7 Å². The molecule has 154 valence electrons. The van der Waals surface area contributed by atoms with Gasteiger partial charge in [-0.25, -0.2) is 13.2 Å². The Hall–Kier alpha value is -2.29. The Labute approximate surface area is 174 Å². The molecule has 0 unspecified atom stereocenters. The highest BCUT2D eigenvalue weighted by Crippen LogP contribution is 2.34. The van der Waals surface area contributed by atoms with Crippen LogP contribution in [0.2, 0.25) is 5.02 Å².